The number of hydrogen-bond donors (Lipinski definition) is 1. The monoisotopic (exact) mass is 279 g/mol. The van der Waals surface area contributed by atoms with Gasteiger partial charge in [0.25, 0.3) is 0 Å². The molecule has 2 unspecified atom stereocenters. The van der Waals surface area contributed by atoms with Gasteiger partial charge in [-0.1, -0.05) is 13.3 Å². The third-order valence-electron chi connectivity index (χ3n) is 3.15. The van der Waals surface area contributed by atoms with Gasteiger partial charge in [-0.25, -0.2) is 0 Å². The summed E-state index contributed by atoms with van der Waals surface area (Å²) in [7, 11) is 4.56. The zero-order chi connectivity index (χ0) is 15.1. The van der Waals surface area contributed by atoms with E-state index in [0.717, 1.165) is 6.42 Å². The van der Waals surface area contributed by atoms with Crippen molar-refractivity contribution >= 4 is 0 Å². The Morgan fingerprint density at radius 3 is 2.05 bits per heavy atom. The Balaban J connectivity index is 3.27. The van der Waals surface area contributed by atoms with Crippen LogP contribution in [-0.4, -0.2) is 32.5 Å². The van der Waals surface area contributed by atoms with Gasteiger partial charge in [-0.2, -0.15) is 5.26 Å². The molecule has 0 fully saturated rings. The number of nitriles is 1. The van der Waals surface area contributed by atoms with Crippen LogP contribution in [0.25, 0.3) is 0 Å². The van der Waals surface area contributed by atoms with Crippen LogP contribution in [0.3, 0.4) is 0 Å². The lowest BCUT2D eigenvalue weighted by molar-refractivity contribution is 0.150. The fourth-order valence-electron chi connectivity index (χ4n) is 2.13. The molecular formula is C15H21NO4. The molecule has 20 heavy (non-hydrogen) atoms. The van der Waals surface area contributed by atoms with Crippen LogP contribution in [0, 0.1) is 11.3 Å². The maximum atomic E-state index is 10.1. The van der Waals surface area contributed by atoms with Crippen molar-refractivity contribution in [2.45, 2.75) is 31.8 Å². The second kappa shape index (κ2) is 7.61. The Bertz CT molecular complexity index is 456. The molecule has 1 aromatic carbocycles. The number of benzene rings is 1. The average molecular weight is 279 g/mol. The Labute approximate surface area is 119 Å². The molecule has 110 valence electrons. The van der Waals surface area contributed by atoms with Crippen LogP contribution in [-0.2, 0) is 0 Å². The van der Waals surface area contributed by atoms with Crippen molar-refractivity contribution in [2.75, 3.05) is 21.3 Å². The van der Waals surface area contributed by atoms with E-state index in [9.17, 15) is 10.4 Å². The SMILES string of the molecule is CCCC(O)C(C#N)c1cc(OC)c(OC)c(OC)c1. The van der Waals surface area contributed by atoms with Gasteiger partial charge in [-0.05, 0) is 24.1 Å². The highest BCUT2D eigenvalue weighted by Gasteiger charge is 2.24. The van der Waals surface area contributed by atoms with E-state index in [0.29, 0.717) is 29.2 Å². The smallest absolute Gasteiger partial charge is 0.203 e. The first-order valence-electron chi connectivity index (χ1n) is 6.50. The molecule has 0 saturated carbocycles. The minimum absolute atomic E-state index is 0.473. The third kappa shape index (κ3) is 3.34. The van der Waals surface area contributed by atoms with Gasteiger partial charge in [-0.15, -0.1) is 0 Å². The quantitative estimate of drug-likeness (QED) is 0.830. The van der Waals surface area contributed by atoms with Crippen molar-refractivity contribution < 1.29 is 19.3 Å². The van der Waals surface area contributed by atoms with Gasteiger partial charge in [0.05, 0.1) is 39.4 Å². The van der Waals surface area contributed by atoms with Crippen LogP contribution >= 0.6 is 0 Å². The molecule has 0 aliphatic carbocycles. The van der Waals surface area contributed by atoms with Gasteiger partial charge in [0.1, 0.15) is 0 Å². The van der Waals surface area contributed by atoms with E-state index in [4.69, 9.17) is 14.2 Å². The first-order chi connectivity index (χ1) is 9.62. The van der Waals surface area contributed by atoms with Gasteiger partial charge < -0.3 is 19.3 Å². The van der Waals surface area contributed by atoms with Crippen molar-refractivity contribution in [3.05, 3.63) is 17.7 Å². The second-order valence-corrected chi connectivity index (χ2v) is 4.42. The highest BCUT2D eigenvalue weighted by molar-refractivity contribution is 5.55. The zero-order valence-corrected chi connectivity index (χ0v) is 12.3. The Morgan fingerprint density at radius 1 is 1.15 bits per heavy atom. The maximum absolute atomic E-state index is 10.1. The minimum Gasteiger partial charge on any atom is -0.493 e. The fraction of sp³-hybridized carbons (Fsp3) is 0.533. The van der Waals surface area contributed by atoms with E-state index in [1.165, 1.54) is 21.3 Å². The summed E-state index contributed by atoms with van der Waals surface area (Å²) in [4.78, 5) is 0. The molecule has 0 spiro atoms. The summed E-state index contributed by atoms with van der Waals surface area (Å²) < 4.78 is 15.8. The first kappa shape index (κ1) is 16.1. The number of ether oxygens (including phenoxy) is 3. The topological polar surface area (TPSA) is 71.7 Å². The third-order valence-corrected chi connectivity index (χ3v) is 3.15. The molecule has 0 heterocycles. The average Bonchev–Trinajstić information content (AvgIpc) is 2.47. The lowest BCUT2D eigenvalue weighted by atomic mass is 9.91. The van der Waals surface area contributed by atoms with Crippen LogP contribution in [0.5, 0.6) is 17.2 Å². The number of methoxy groups -OCH3 is 3. The van der Waals surface area contributed by atoms with Gasteiger partial charge in [0.15, 0.2) is 11.5 Å². The molecule has 0 aliphatic heterocycles. The molecule has 0 saturated heterocycles. The number of hydrogen-bond acceptors (Lipinski definition) is 5. The zero-order valence-electron chi connectivity index (χ0n) is 12.3. The standard InChI is InChI=1S/C15H21NO4/c1-5-6-12(17)11(9-16)10-7-13(18-2)15(20-4)14(8-10)19-3/h7-8,11-12,17H,5-6H2,1-4H3. The molecule has 1 N–H and O–H groups in total. The predicted molar refractivity (Wildman–Crippen MR) is 75.4 cm³/mol. The summed E-state index contributed by atoms with van der Waals surface area (Å²) in [5.41, 5.74) is 0.656. The minimum atomic E-state index is -0.715. The van der Waals surface area contributed by atoms with Gasteiger partial charge in [0.2, 0.25) is 5.75 Å². The first-order valence-corrected chi connectivity index (χ1v) is 6.50. The largest absolute Gasteiger partial charge is 0.493 e. The normalized spacial score (nSPS) is 13.2. The highest BCUT2D eigenvalue weighted by atomic mass is 16.5. The summed E-state index contributed by atoms with van der Waals surface area (Å²) in [6, 6.07) is 5.55. The molecule has 5 heteroatoms. The molecule has 0 aliphatic rings. The molecule has 0 radical (unpaired) electrons. The summed E-state index contributed by atoms with van der Waals surface area (Å²) in [6.45, 7) is 1.97. The number of nitrogens with zero attached hydrogens (tertiary/aromatic N) is 1. The predicted octanol–water partition coefficient (Wildman–Crippen LogP) is 2.48. The second-order valence-electron chi connectivity index (χ2n) is 4.42. The summed E-state index contributed by atoms with van der Waals surface area (Å²) in [6.07, 6.45) is 0.659. The summed E-state index contributed by atoms with van der Waals surface area (Å²) in [5.74, 6) is 0.806. The molecule has 5 nitrogen and oxygen atoms in total. The van der Waals surface area contributed by atoms with Crippen molar-refractivity contribution in [1.29, 1.82) is 5.26 Å². The van der Waals surface area contributed by atoms with Crippen molar-refractivity contribution in [3.8, 4) is 23.3 Å². The highest BCUT2D eigenvalue weighted by Crippen LogP contribution is 2.40. The summed E-state index contributed by atoms with van der Waals surface area (Å²) >= 11 is 0. The van der Waals surface area contributed by atoms with E-state index in [1.807, 2.05) is 6.92 Å². The van der Waals surface area contributed by atoms with E-state index in [-0.39, 0.29) is 0 Å². The van der Waals surface area contributed by atoms with Crippen molar-refractivity contribution in [1.82, 2.24) is 0 Å². The molecule has 2 atom stereocenters. The van der Waals surface area contributed by atoms with Crippen LogP contribution in [0.4, 0.5) is 0 Å². The van der Waals surface area contributed by atoms with Gasteiger partial charge in [0, 0.05) is 0 Å². The summed E-state index contributed by atoms with van der Waals surface area (Å²) in [5, 5.41) is 19.4. The number of rotatable bonds is 7. The van der Waals surface area contributed by atoms with Gasteiger partial charge >= 0.3 is 0 Å². The molecule has 0 bridgehead atoms. The molecule has 0 amide bonds. The maximum Gasteiger partial charge on any atom is 0.203 e. The Morgan fingerprint density at radius 2 is 1.70 bits per heavy atom. The number of aliphatic hydroxyl groups excluding tert-OH is 1. The Hall–Kier alpha value is -1.93. The number of aliphatic hydroxyl groups is 1. The molecule has 0 aromatic heterocycles. The van der Waals surface area contributed by atoms with E-state index < -0.39 is 12.0 Å². The van der Waals surface area contributed by atoms with Crippen LogP contribution in [0.2, 0.25) is 0 Å². The lowest BCUT2D eigenvalue weighted by Gasteiger charge is -2.19. The van der Waals surface area contributed by atoms with Crippen molar-refractivity contribution in [2.24, 2.45) is 0 Å². The lowest BCUT2D eigenvalue weighted by Crippen LogP contribution is -2.17. The van der Waals surface area contributed by atoms with Crippen LogP contribution in [0.1, 0.15) is 31.2 Å². The van der Waals surface area contributed by atoms with E-state index in [1.54, 1.807) is 12.1 Å². The molecule has 1 rings (SSSR count). The van der Waals surface area contributed by atoms with Crippen molar-refractivity contribution in [3.63, 3.8) is 0 Å². The fourth-order valence-corrected chi connectivity index (χ4v) is 2.13. The molecular weight excluding hydrogens is 258 g/mol. The van der Waals surface area contributed by atoms with Crippen LogP contribution < -0.4 is 14.2 Å². The van der Waals surface area contributed by atoms with Gasteiger partial charge in [-0.3, -0.25) is 0 Å². The van der Waals surface area contributed by atoms with E-state index >= 15 is 0 Å². The Kier molecular flexibility index (Phi) is 6.13. The van der Waals surface area contributed by atoms with Crippen LogP contribution in [0.15, 0.2) is 12.1 Å². The molecule has 1 aromatic rings. The van der Waals surface area contributed by atoms with E-state index in [2.05, 4.69) is 6.07 Å².